The van der Waals surface area contributed by atoms with Gasteiger partial charge in [-0.2, -0.15) is 0 Å². The summed E-state index contributed by atoms with van der Waals surface area (Å²) < 4.78 is 10.3. The van der Waals surface area contributed by atoms with Crippen molar-refractivity contribution in [3.05, 3.63) is 35.4 Å². The number of amides is 3. The van der Waals surface area contributed by atoms with E-state index in [0.29, 0.717) is 43.7 Å². The van der Waals surface area contributed by atoms with Crippen LogP contribution in [0.15, 0.2) is 24.3 Å². The van der Waals surface area contributed by atoms with Crippen molar-refractivity contribution in [2.45, 2.75) is 25.9 Å². The predicted octanol–water partition coefficient (Wildman–Crippen LogP) is 0.865. The van der Waals surface area contributed by atoms with Crippen LogP contribution in [-0.2, 0) is 14.3 Å². The average Bonchev–Trinajstić information content (AvgIpc) is 2.67. The Bertz CT molecular complexity index is 696. The largest absolute Gasteiger partial charge is 0.464 e. The van der Waals surface area contributed by atoms with Gasteiger partial charge in [-0.1, -0.05) is 12.1 Å². The molecular formula is C18H24N4O5. The number of esters is 1. The van der Waals surface area contributed by atoms with Crippen LogP contribution < -0.4 is 11.1 Å². The van der Waals surface area contributed by atoms with Gasteiger partial charge in [0.1, 0.15) is 12.4 Å². The molecule has 1 aromatic carbocycles. The Kier molecular flexibility index (Phi) is 7.30. The minimum atomic E-state index is -0.518. The summed E-state index contributed by atoms with van der Waals surface area (Å²) in [5.41, 5.74) is 6.18. The highest BCUT2D eigenvalue weighted by Gasteiger charge is 2.25. The molecular weight excluding hydrogens is 352 g/mol. The third kappa shape index (κ3) is 6.07. The maximum absolute atomic E-state index is 12.2. The Morgan fingerprint density at radius 3 is 2.33 bits per heavy atom. The van der Waals surface area contributed by atoms with Crippen LogP contribution in [-0.4, -0.2) is 61.1 Å². The number of carbonyl (C=O) groups is 3. The number of urea groups is 1. The van der Waals surface area contributed by atoms with Crippen LogP contribution in [0.5, 0.6) is 0 Å². The van der Waals surface area contributed by atoms with Crippen molar-refractivity contribution < 1.29 is 23.9 Å². The molecule has 9 heteroatoms. The van der Waals surface area contributed by atoms with Gasteiger partial charge < -0.3 is 20.1 Å². The number of nitrogen functional groups attached to an aromatic ring is 1. The van der Waals surface area contributed by atoms with E-state index in [4.69, 9.17) is 20.6 Å². The monoisotopic (exact) mass is 376 g/mol. The molecule has 0 aromatic heterocycles. The number of nitrogens with two attached hydrogens (primary N) is 1. The van der Waals surface area contributed by atoms with Gasteiger partial charge >= 0.3 is 12.0 Å². The first-order chi connectivity index (χ1) is 12.9. The number of nitrogens with one attached hydrogen (secondary N) is 2. The molecule has 0 unspecified atom stereocenters. The molecule has 1 heterocycles. The maximum atomic E-state index is 12.2. The molecule has 0 bridgehead atoms. The molecule has 3 amide bonds. The summed E-state index contributed by atoms with van der Waals surface area (Å²) in [6.07, 6.45) is 1.04. The second-order valence-corrected chi connectivity index (χ2v) is 6.05. The number of imide groups is 1. The van der Waals surface area contributed by atoms with Crippen LogP contribution in [0.4, 0.5) is 4.79 Å². The van der Waals surface area contributed by atoms with Crippen molar-refractivity contribution in [3.63, 3.8) is 0 Å². The molecule has 1 aliphatic heterocycles. The van der Waals surface area contributed by atoms with Crippen LogP contribution in [0, 0.1) is 5.41 Å². The first-order valence-corrected chi connectivity index (χ1v) is 8.72. The second-order valence-electron chi connectivity index (χ2n) is 6.05. The highest BCUT2D eigenvalue weighted by molar-refractivity contribution is 6.05. The van der Waals surface area contributed by atoms with Crippen molar-refractivity contribution in [2.75, 3.05) is 26.3 Å². The lowest BCUT2D eigenvalue weighted by Crippen LogP contribution is -2.47. The molecule has 0 saturated carbocycles. The number of amidine groups is 1. The number of ether oxygens (including phenoxy) is 2. The Balaban J connectivity index is 1.77. The summed E-state index contributed by atoms with van der Waals surface area (Å²) in [7, 11) is 0. The Hall–Kier alpha value is -2.94. The fourth-order valence-electron chi connectivity index (χ4n) is 2.66. The van der Waals surface area contributed by atoms with Gasteiger partial charge in [-0.25, -0.2) is 9.59 Å². The van der Waals surface area contributed by atoms with Crippen LogP contribution >= 0.6 is 0 Å². The minimum Gasteiger partial charge on any atom is -0.464 e. The first kappa shape index (κ1) is 20.4. The standard InChI is InChI=1S/C18H24N4O5/c1-2-26-15(23)11-27-14-7-9-22(10-8-14)18(25)21-17(24)13-5-3-12(4-6-13)16(19)20/h3-6,14H,2,7-11H2,1H3,(H3,19,20)(H,21,24,25). The van der Waals surface area contributed by atoms with Crippen LogP contribution in [0.25, 0.3) is 0 Å². The second kappa shape index (κ2) is 9.67. The number of carbonyl (C=O) groups excluding carboxylic acids is 3. The lowest BCUT2D eigenvalue weighted by molar-refractivity contribution is -0.151. The van der Waals surface area contributed by atoms with E-state index in [2.05, 4.69) is 5.32 Å². The summed E-state index contributed by atoms with van der Waals surface area (Å²) in [6, 6.07) is 5.64. The van der Waals surface area contributed by atoms with E-state index in [1.54, 1.807) is 19.1 Å². The van der Waals surface area contributed by atoms with E-state index < -0.39 is 17.9 Å². The molecule has 2 rings (SSSR count). The maximum Gasteiger partial charge on any atom is 0.332 e. The van der Waals surface area contributed by atoms with Gasteiger partial charge in [0.25, 0.3) is 5.91 Å². The van der Waals surface area contributed by atoms with E-state index in [-0.39, 0.29) is 18.5 Å². The molecule has 0 spiro atoms. The highest BCUT2D eigenvalue weighted by atomic mass is 16.6. The van der Waals surface area contributed by atoms with Gasteiger partial charge in [0.15, 0.2) is 0 Å². The number of hydrogen-bond acceptors (Lipinski definition) is 6. The highest BCUT2D eigenvalue weighted by Crippen LogP contribution is 2.14. The Morgan fingerprint density at radius 1 is 1.19 bits per heavy atom. The summed E-state index contributed by atoms with van der Waals surface area (Å²) in [5.74, 6) is -1.01. The Morgan fingerprint density at radius 2 is 1.78 bits per heavy atom. The van der Waals surface area contributed by atoms with Gasteiger partial charge in [-0.05, 0) is 31.9 Å². The molecule has 0 radical (unpaired) electrons. The van der Waals surface area contributed by atoms with E-state index in [1.165, 1.54) is 17.0 Å². The van der Waals surface area contributed by atoms with Gasteiger partial charge in [-0.15, -0.1) is 0 Å². The first-order valence-electron chi connectivity index (χ1n) is 8.72. The Labute approximate surface area is 157 Å². The fraction of sp³-hybridized carbons (Fsp3) is 0.444. The van der Waals surface area contributed by atoms with Crippen LogP contribution in [0.1, 0.15) is 35.7 Å². The zero-order valence-electron chi connectivity index (χ0n) is 15.2. The number of rotatable bonds is 6. The van der Waals surface area contributed by atoms with Crippen molar-refractivity contribution in [3.8, 4) is 0 Å². The summed E-state index contributed by atoms with van der Waals surface area (Å²) >= 11 is 0. The van der Waals surface area contributed by atoms with Crippen LogP contribution in [0.2, 0.25) is 0 Å². The number of nitrogens with zero attached hydrogens (tertiary/aromatic N) is 1. The molecule has 4 N–H and O–H groups in total. The molecule has 146 valence electrons. The zero-order valence-corrected chi connectivity index (χ0v) is 15.2. The molecule has 0 aliphatic carbocycles. The average molecular weight is 376 g/mol. The lowest BCUT2D eigenvalue weighted by atomic mass is 10.1. The third-order valence-corrected chi connectivity index (χ3v) is 4.15. The molecule has 9 nitrogen and oxygen atoms in total. The van der Waals surface area contributed by atoms with E-state index in [1.807, 2.05) is 0 Å². The summed E-state index contributed by atoms with van der Waals surface area (Å²) in [5, 5.41) is 9.68. The molecule has 1 aliphatic rings. The normalized spacial score (nSPS) is 14.5. The van der Waals surface area contributed by atoms with E-state index in [9.17, 15) is 14.4 Å². The number of hydrogen-bond donors (Lipinski definition) is 3. The minimum absolute atomic E-state index is 0.0916. The van der Waals surface area contributed by atoms with Crippen molar-refractivity contribution in [2.24, 2.45) is 5.73 Å². The van der Waals surface area contributed by atoms with Gasteiger partial charge in [-0.3, -0.25) is 15.5 Å². The van der Waals surface area contributed by atoms with Crippen molar-refractivity contribution in [1.82, 2.24) is 10.2 Å². The van der Waals surface area contributed by atoms with Gasteiger partial charge in [0.2, 0.25) is 0 Å². The van der Waals surface area contributed by atoms with Crippen LogP contribution in [0.3, 0.4) is 0 Å². The van der Waals surface area contributed by atoms with Gasteiger partial charge in [0, 0.05) is 24.2 Å². The van der Waals surface area contributed by atoms with Crippen molar-refractivity contribution in [1.29, 1.82) is 5.41 Å². The molecule has 1 saturated heterocycles. The molecule has 27 heavy (non-hydrogen) atoms. The number of likely N-dealkylation sites (tertiary alicyclic amines) is 1. The molecule has 0 atom stereocenters. The molecule has 1 fully saturated rings. The topological polar surface area (TPSA) is 135 Å². The zero-order chi connectivity index (χ0) is 19.8. The van der Waals surface area contributed by atoms with Crippen molar-refractivity contribution >= 4 is 23.7 Å². The SMILES string of the molecule is CCOC(=O)COC1CCN(C(=O)NC(=O)c2ccc(C(=N)N)cc2)CC1. The predicted molar refractivity (Wildman–Crippen MR) is 97.5 cm³/mol. The summed E-state index contributed by atoms with van der Waals surface area (Å²) in [6.45, 7) is 2.80. The fourth-order valence-corrected chi connectivity index (χ4v) is 2.66. The summed E-state index contributed by atoms with van der Waals surface area (Å²) in [4.78, 5) is 37.2. The van der Waals surface area contributed by atoms with E-state index in [0.717, 1.165) is 0 Å². The lowest BCUT2D eigenvalue weighted by Gasteiger charge is -2.31. The van der Waals surface area contributed by atoms with E-state index >= 15 is 0 Å². The number of benzene rings is 1. The third-order valence-electron chi connectivity index (χ3n) is 4.15. The molecule has 1 aromatic rings. The smallest absolute Gasteiger partial charge is 0.332 e. The van der Waals surface area contributed by atoms with Gasteiger partial charge in [0.05, 0.1) is 12.7 Å². The number of piperidine rings is 1. The quantitative estimate of drug-likeness (QED) is 0.383.